The fraction of sp³-hybridized carbons (Fsp3) is 0.579. The van der Waals surface area contributed by atoms with Gasteiger partial charge in [-0.15, -0.1) is 11.3 Å². The van der Waals surface area contributed by atoms with Gasteiger partial charge in [0, 0.05) is 24.1 Å². The summed E-state index contributed by atoms with van der Waals surface area (Å²) in [6, 6.07) is 6.82. The molecule has 4 nitrogen and oxygen atoms in total. The van der Waals surface area contributed by atoms with Gasteiger partial charge in [-0.05, 0) is 57.0 Å². The molecule has 0 unspecified atom stereocenters. The summed E-state index contributed by atoms with van der Waals surface area (Å²) in [5.41, 5.74) is 1.94. The van der Waals surface area contributed by atoms with E-state index in [9.17, 15) is 4.79 Å². The van der Waals surface area contributed by atoms with Gasteiger partial charge in [-0.3, -0.25) is 4.79 Å². The number of amides is 1. The molecule has 1 aliphatic carbocycles. The van der Waals surface area contributed by atoms with Crippen molar-refractivity contribution in [3.8, 4) is 0 Å². The third-order valence-corrected chi connectivity index (χ3v) is 6.56. The molecule has 1 aliphatic heterocycles. The number of nitrogens with zero attached hydrogens (tertiary/aromatic N) is 2. The molecule has 1 saturated heterocycles. The van der Waals surface area contributed by atoms with Crippen LogP contribution in [-0.2, 0) is 4.79 Å². The number of rotatable bonds is 4. The van der Waals surface area contributed by atoms with E-state index in [1.54, 1.807) is 11.3 Å². The minimum absolute atomic E-state index is 0.0578. The molecule has 128 valence electrons. The zero-order valence-corrected chi connectivity index (χ0v) is 15.1. The predicted molar refractivity (Wildman–Crippen MR) is 99.7 cm³/mol. The van der Waals surface area contributed by atoms with Gasteiger partial charge in [-0.1, -0.05) is 13.3 Å². The number of nitrogens with one attached hydrogen (secondary N) is 1. The van der Waals surface area contributed by atoms with E-state index >= 15 is 0 Å². The SMILES string of the molecule is CCC(=O)Nc1ccc2nc(C3CC(N4CCCCC4)C3)sc2c1. The largest absolute Gasteiger partial charge is 0.326 e. The molecule has 1 saturated carbocycles. The van der Waals surface area contributed by atoms with Crippen LogP contribution in [0.5, 0.6) is 0 Å². The highest BCUT2D eigenvalue weighted by atomic mass is 32.1. The van der Waals surface area contributed by atoms with Crippen molar-refractivity contribution in [3.63, 3.8) is 0 Å². The van der Waals surface area contributed by atoms with Crippen LogP contribution in [-0.4, -0.2) is 34.9 Å². The van der Waals surface area contributed by atoms with Gasteiger partial charge in [0.1, 0.15) is 0 Å². The molecule has 1 aromatic carbocycles. The Morgan fingerprint density at radius 2 is 2.08 bits per heavy atom. The van der Waals surface area contributed by atoms with Crippen molar-refractivity contribution in [2.24, 2.45) is 0 Å². The lowest BCUT2D eigenvalue weighted by Crippen LogP contribution is -2.46. The summed E-state index contributed by atoms with van der Waals surface area (Å²) in [5.74, 6) is 0.686. The van der Waals surface area contributed by atoms with Gasteiger partial charge in [0.15, 0.2) is 0 Å². The number of carbonyl (C=O) groups excluding carboxylic acids is 1. The number of carbonyl (C=O) groups is 1. The molecule has 2 fully saturated rings. The van der Waals surface area contributed by atoms with Gasteiger partial charge in [0.05, 0.1) is 15.2 Å². The van der Waals surface area contributed by atoms with Crippen LogP contribution in [0.1, 0.15) is 56.4 Å². The van der Waals surface area contributed by atoms with Gasteiger partial charge in [-0.25, -0.2) is 4.98 Å². The molecule has 1 aromatic heterocycles. The van der Waals surface area contributed by atoms with Crippen molar-refractivity contribution < 1.29 is 4.79 Å². The minimum atomic E-state index is 0.0578. The van der Waals surface area contributed by atoms with Crippen molar-refractivity contribution in [3.05, 3.63) is 23.2 Å². The van der Waals surface area contributed by atoms with E-state index in [2.05, 4.69) is 16.3 Å². The maximum absolute atomic E-state index is 11.5. The van der Waals surface area contributed by atoms with Crippen molar-refractivity contribution in [1.82, 2.24) is 9.88 Å². The molecule has 1 amide bonds. The van der Waals surface area contributed by atoms with Crippen molar-refractivity contribution >= 4 is 33.1 Å². The first kappa shape index (κ1) is 16.0. The van der Waals surface area contributed by atoms with Gasteiger partial charge in [-0.2, -0.15) is 0 Å². The molecule has 0 radical (unpaired) electrons. The first-order valence-electron chi connectivity index (χ1n) is 9.17. The molecule has 0 atom stereocenters. The van der Waals surface area contributed by atoms with Crippen molar-refractivity contribution in [2.75, 3.05) is 18.4 Å². The molecule has 2 heterocycles. The van der Waals surface area contributed by atoms with Crippen LogP contribution in [0.4, 0.5) is 5.69 Å². The van der Waals surface area contributed by atoms with Crippen LogP contribution >= 0.6 is 11.3 Å². The number of aromatic nitrogens is 1. The van der Waals surface area contributed by atoms with E-state index in [0.29, 0.717) is 12.3 Å². The summed E-state index contributed by atoms with van der Waals surface area (Å²) in [4.78, 5) is 19.1. The van der Waals surface area contributed by atoms with Crippen molar-refractivity contribution in [2.45, 2.75) is 57.4 Å². The van der Waals surface area contributed by atoms with Gasteiger partial charge in [0.25, 0.3) is 0 Å². The van der Waals surface area contributed by atoms with Gasteiger partial charge in [0.2, 0.25) is 5.91 Å². The molecule has 5 heteroatoms. The maximum Gasteiger partial charge on any atom is 0.224 e. The highest BCUT2D eigenvalue weighted by molar-refractivity contribution is 7.18. The van der Waals surface area contributed by atoms with E-state index in [0.717, 1.165) is 17.2 Å². The number of hydrogen-bond donors (Lipinski definition) is 1. The normalized spacial score (nSPS) is 24.7. The van der Waals surface area contributed by atoms with Crippen LogP contribution in [0.2, 0.25) is 0 Å². The zero-order valence-electron chi connectivity index (χ0n) is 14.3. The number of thiazole rings is 1. The van der Waals surface area contributed by atoms with Crippen LogP contribution in [0.15, 0.2) is 18.2 Å². The molecular formula is C19H25N3OS. The van der Waals surface area contributed by atoms with E-state index in [1.807, 2.05) is 19.1 Å². The average molecular weight is 343 g/mol. The fourth-order valence-corrected chi connectivity index (χ4v) is 4.95. The quantitative estimate of drug-likeness (QED) is 0.896. The Kier molecular flexibility index (Phi) is 4.55. The molecule has 1 N–H and O–H groups in total. The lowest BCUT2D eigenvalue weighted by atomic mass is 9.79. The molecular weight excluding hydrogens is 318 g/mol. The highest BCUT2D eigenvalue weighted by Gasteiger charge is 2.36. The Morgan fingerprint density at radius 1 is 1.29 bits per heavy atom. The molecule has 2 aliphatic rings. The Bertz CT molecular complexity index is 729. The van der Waals surface area contributed by atoms with Crippen LogP contribution in [0.25, 0.3) is 10.2 Å². The predicted octanol–water partition coefficient (Wildman–Crippen LogP) is 4.38. The summed E-state index contributed by atoms with van der Waals surface area (Å²) in [6.45, 7) is 4.45. The molecule has 24 heavy (non-hydrogen) atoms. The smallest absolute Gasteiger partial charge is 0.224 e. The molecule has 0 spiro atoms. The first-order chi connectivity index (χ1) is 11.7. The second-order valence-electron chi connectivity index (χ2n) is 7.06. The standard InChI is InChI=1S/C19H25N3OS/c1-2-18(23)20-14-6-7-16-17(12-14)24-19(21-16)13-10-15(11-13)22-8-4-3-5-9-22/h6-7,12-13,15H,2-5,8-11H2,1H3,(H,20,23). The lowest BCUT2D eigenvalue weighted by molar-refractivity contribution is -0.115. The first-order valence-corrected chi connectivity index (χ1v) is 9.99. The van der Waals surface area contributed by atoms with E-state index in [-0.39, 0.29) is 5.91 Å². The van der Waals surface area contributed by atoms with Gasteiger partial charge < -0.3 is 10.2 Å². The summed E-state index contributed by atoms with van der Waals surface area (Å²) in [5, 5.41) is 4.21. The number of benzene rings is 1. The second-order valence-corrected chi connectivity index (χ2v) is 8.12. The second kappa shape index (κ2) is 6.81. The lowest BCUT2D eigenvalue weighted by Gasteiger charge is -2.43. The highest BCUT2D eigenvalue weighted by Crippen LogP contribution is 2.43. The average Bonchev–Trinajstić information content (AvgIpc) is 2.97. The van der Waals surface area contributed by atoms with Gasteiger partial charge >= 0.3 is 0 Å². The molecule has 0 bridgehead atoms. The summed E-state index contributed by atoms with van der Waals surface area (Å²) < 4.78 is 1.18. The summed E-state index contributed by atoms with van der Waals surface area (Å²) in [7, 11) is 0. The Balaban J connectivity index is 1.43. The number of fused-ring (bicyclic) bond motifs is 1. The number of piperidine rings is 1. The monoisotopic (exact) mass is 343 g/mol. The zero-order chi connectivity index (χ0) is 16.5. The summed E-state index contributed by atoms with van der Waals surface area (Å²) in [6.07, 6.45) is 7.18. The molecule has 4 rings (SSSR count). The van der Waals surface area contributed by atoms with Crippen molar-refractivity contribution in [1.29, 1.82) is 0 Å². The summed E-state index contributed by atoms with van der Waals surface area (Å²) >= 11 is 1.80. The number of anilines is 1. The van der Waals surface area contributed by atoms with E-state index < -0.39 is 0 Å². The van der Waals surface area contributed by atoms with Crippen LogP contribution in [0.3, 0.4) is 0 Å². The Hall–Kier alpha value is -1.46. The number of likely N-dealkylation sites (tertiary alicyclic amines) is 1. The van der Waals surface area contributed by atoms with E-state index in [1.165, 1.54) is 54.9 Å². The van der Waals surface area contributed by atoms with Crippen LogP contribution in [0, 0.1) is 0 Å². The third-order valence-electron chi connectivity index (χ3n) is 5.38. The molecule has 2 aromatic rings. The minimum Gasteiger partial charge on any atom is -0.326 e. The fourth-order valence-electron chi connectivity index (χ4n) is 3.82. The Morgan fingerprint density at radius 3 is 2.83 bits per heavy atom. The maximum atomic E-state index is 11.5. The third kappa shape index (κ3) is 3.20. The number of hydrogen-bond acceptors (Lipinski definition) is 4. The topological polar surface area (TPSA) is 45.2 Å². The van der Waals surface area contributed by atoms with E-state index in [4.69, 9.17) is 4.98 Å². The Labute approximate surface area is 147 Å². The van der Waals surface area contributed by atoms with Crippen LogP contribution < -0.4 is 5.32 Å².